The van der Waals surface area contributed by atoms with Crippen LogP contribution in [0.1, 0.15) is 12.8 Å². The normalized spacial score (nSPS) is 14.7. The van der Waals surface area contributed by atoms with E-state index in [0.29, 0.717) is 0 Å². The minimum atomic E-state index is 0.809. The predicted octanol–water partition coefficient (Wildman–Crippen LogP) is 4.31. The number of likely N-dealkylation sites (tertiary alicyclic amines) is 1. The van der Waals surface area contributed by atoms with E-state index in [9.17, 15) is 0 Å². The molecule has 1 N–H and O–H groups in total. The van der Waals surface area contributed by atoms with E-state index in [-0.39, 0.29) is 0 Å². The number of rotatable bonds is 6. The van der Waals surface area contributed by atoms with Crippen LogP contribution in [0.25, 0.3) is 22.2 Å². The van der Waals surface area contributed by atoms with Crippen molar-refractivity contribution in [1.29, 1.82) is 0 Å². The van der Waals surface area contributed by atoms with Gasteiger partial charge in [-0.1, -0.05) is 0 Å². The smallest absolute Gasteiger partial charge is 0.128 e. The van der Waals surface area contributed by atoms with E-state index >= 15 is 0 Å². The average Bonchev–Trinajstić information content (AvgIpc) is 3.47. The quantitative estimate of drug-likeness (QED) is 0.547. The van der Waals surface area contributed by atoms with E-state index < -0.39 is 0 Å². The maximum Gasteiger partial charge on any atom is 0.128 e. The summed E-state index contributed by atoms with van der Waals surface area (Å²) in [6.07, 6.45) is 6.51. The number of fused-ring (bicyclic) bond motifs is 1. The number of aromatic amines is 1. The molecule has 5 rings (SSSR count). The van der Waals surface area contributed by atoms with Gasteiger partial charge in [-0.25, -0.2) is 0 Å². The van der Waals surface area contributed by atoms with Crippen molar-refractivity contribution in [3.63, 3.8) is 0 Å². The zero-order chi connectivity index (χ0) is 18.8. The van der Waals surface area contributed by atoms with E-state index in [1.54, 1.807) is 6.20 Å². The Morgan fingerprint density at radius 2 is 1.75 bits per heavy atom. The number of aromatic nitrogens is 4. The van der Waals surface area contributed by atoms with Crippen molar-refractivity contribution in [2.75, 3.05) is 19.6 Å². The SMILES string of the molecule is c1cc(-c2ccc(Oc3ccc4nn(CCN5CCCC5)cc4c3)cc2)[nH]n1. The molecule has 1 saturated heterocycles. The van der Waals surface area contributed by atoms with Gasteiger partial charge in [-0.3, -0.25) is 9.78 Å². The number of ether oxygens (including phenoxy) is 1. The second-order valence-corrected chi connectivity index (χ2v) is 7.26. The molecular weight excluding hydrogens is 350 g/mol. The Balaban J connectivity index is 1.28. The minimum Gasteiger partial charge on any atom is -0.457 e. The first kappa shape index (κ1) is 17.0. The van der Waals surface area contributed by atoms with E-state index in [1.807, 2.05) is 47.1 Å². The molecule has 3 heterocycles. The fourth-order valence-electron chi connectivity index (χ4n) is 3.74. The molecule has 0 saturated carbocycles. The van der Waals surface area contributed by atoms with Gasteiger partial charge in [0.25, 0.3) is 0 Å². The van der Waals surface area contributed by atoms with Crippen molar-refractivity contribution in [1.82, 2.24) is 24.9 Å². The third-order valence-corrected chi connectivity index (χ3v) is 5.27. The summed E-state index contributed by atoms with van der Waals surface area (Å²) in [4.78, 5) is 2.51. The summed E-state index contributed by atoms with van der Waals surface area (Å²) in [6.45, 7) is 4.44. The van der Waals surface area contributed by atoms with Gasteiger partial charge in [0.2, 0.25) is 0 Å². The molecule has 0 amide bonds. The maximum atomic E-state index is 6.04. The van der Waals surface area contributed by atoms with Gasteiger partial charge in [-0.2, -0.15) is 10.2 Å². The monoisotopic (exact) mass is 373 g/mol. The van der Waals surface area contributed by atoms with Gasteiger partial charge in [0.05, 0.1) is 17.8 Å². The molecule has 6 nitrogen and oxygen atoms in total. The Labute approximate surface area is 163 Å². The fourth-order valence-corrected chi connectivity index (χ4v) is 3.74. The van der Waals surface area contributed by atoms with Crippen LogP contribution in [0.2, 0.25) is 0 Å². The lowest BCUT2D eigenvalue weighted by Crippen LogP contribution is -2.24. The first-order valence-corrected chi connectivity index (χ1v) is 9.81. The van der Waals surface area contributed by atoms with Crippen molar-refractivity contribution in [3.8, 4) is 22.8 Å². The van der Waals surface area contributed by atoms with E-state index in [1.165, 1.54) is 25.9 Å². The molecule has 28 heavy (non-hydrogen) atoms. The maximum absolute atomic E-state index is 6.04. The second-order valence-electron chi connectivity index (χ2n) is 7.26. The minimum absolute atomic E-state index is 0.809. The van der Waals surface area contributed by atoms with Crippen LogP contribution in [-0.4, -0.2) is 44.5 Å². The van der Waals surface area contributed by atoms with Gasteiger partial charge in [0.15, 0.2) is 0 Å². The van der Waals surface area contributed by atoms with Gasteiger partial charge >= 0.3 is 0 Å². The zero-order valence-corrected chi connectivity index (χ0v) is 15.7. The average molecular weight is 373 g/mol. The molecule has 0 bridgehead atoms. The molecule has 0 aliphatic carbocycles. The van der Waals surface area contributed by atoms with Crippen molar-refractivity contribution < 1.29 is 4.74 Å². The molecule has 1 aliphatic heterocycles. The Bertz CT molecular complexity index is 1050. The third kappa shape index (κ3) is 3.64. The molecule has 0 unspecified atom stereocenters. The van der Waals surface area contributed by atoms with Gasteiger partial charge in [0.1, 0.15) is 11.5 Å². The van der Waals surface area contributed by atoms with Gasteiger partial charge in [0, 0.05) is 24.3 Å². The topological polar surface area (TPSA) is 59.0 Å². The van der Waals surface area contributed by atoms with E-state index in [0.717, 1.165) is 46.7 Å². The highest BCUT2D eigenvalue weighted by Gasteiger charge is 2.11. The highest BCUT2D eigenvalue weighted by atomic mass is 16.5. The summed E-state index contributed by atoms with van der Waals surface area (Å²) in [5.41, 5.74) is 3.08. The summed E-state index contributed by atoms with van der Waals surface area (Å²) in [7, 11) is 0. The van der Waals surface area contributed by atoms with Crippen LogP contribution in [0, 0.1) is 0 Å². The lowest BCUT2D eigenvalue weighted by Gasteiger charge is -2.13. The van der Waals surface area contributed by atoms with Crippen LogP contribution in [0.3, 0.4) is 0 Å². The Morgan fingerprint density at radius 3 is 2.54 bits per heavy atom. The number of hydrogen-bond acceptors (Lipinski definition) is 4. The highest BCUT2D eigenvalue weighted by Crippen LogP contribution is 2.27. The summed E-state index contributed by atoms with van der Waals surface area (Å²) in [6, 6.07) is 16.0. The fraction of sp³-hybridized carbons (Fsp3) is 0.273. The molecule has 0 atom stereocenters. The first-order valence-electron chi connectivity index (χ1n) is 9.81. The summed E-state index contributed by atoms with van der Waals surface area (Å²) >= 11 is 0. The molecule has 1 fully saturated rings. The molecule has 0 spiro atoms. The molecular formula is C22H23N5O. The van der Waals surface area contributed by atoms with E-state index in [4.69, 9.17) is 4.74 Å². The number of hydrogen-bond donors (Lipinski definition) is 1. The standard InChI is InChI=1S/C22H23N5O/c1-2-12-26(11-1)13-14-27-16-18-15-20(7-8-22(18)25-27)28-19-5-3-17(4-6-19)21-9-10-23-24-21/h3-10,15-16H,1-2,11-14H2,(H,23,24). The Morgan fingerprint density at radius 1 is 0.929 bits per heavy atom. The zero-order valence-electron chi connectivity index (χ0n) is 15.7. The van der Waals surface area contributed by atoms with Crippen LogP contribution in [-0.2, 0) is 6.54 Å². The van der Waals surface area contributed by atoms with Crippen LogP contribution >= 0.6 is 0 Å². The second kappa shape index (κ2) is 7.48. The van der Waals surface area contributed by atoms with Crippen LogP contribution in [0.15, 0.2) is 60.9 Å². The molecule has 1 aliphatic rings. The number of nitrogens with zero attached hydrogens (tertiary/aromatic N) is 4. The van der Waals surface area contributed by atoms with Crippen LogP contribution in [0.5, 0.6) is 11.5 Å². The summed E-state index contributed by atoms with van der Waals surface area (Å²) < 4.78 is 8.09. The van der Waals surface area contributed by atoms with Crippen molar-refractivity contribution in [2.24, 2.45) is 0 Å². The van der Waals surface area contributed by atoms with Crippen LogP contribution in [0.4, 0.5) is 0 Å². The Hall–Kier alpha value is -3.12. The first-order chi connectivity index (χ1) is 13.8. The highest BCUT2D eigenvalue weighted by molar-refractivity contribution is 5.79. The third-order valence-electron chi connectivity index (χ3n) is 5.27. The van der Waals surface area contributed by atoms with Gasteiger partial charge in [-0.05, 0) is 80.0 Å². The lowest BCUT2D eigenvalue weighted by atomic mass is 10.1. The summed E-state index contributed by atoms with van der Waals surface area (Å²) in [5.74, 6) is 1.63. The number of nitrogens with one attached hydrogen (secondary N) is 1. The number of H-pyrrole nitrogens is 1. The van der Waals surface area contributed by atoms with E-state index in [2.05, 4.69) is 32.5 Å². The number of benzene rings is 2. The molecule has 2 aromatic heterocycles. The summed E-state index contributed by atoms with van der Waals surface area (Å²) in [5, 5.41) is 12.7. The molecule has 4 aromatic rings. The van der Waals surface area contributed by atoms with Gasteiger partial charge < -0.3 is 9.64 Å². The van der Waals surface area contributed by atoms with Crippen molar-refractivity contribution in [3.05, 3.63) is 60.9 Å². The lowest BCUT2D eigenvalue weighted by molar-refractivity contribution is 0.316. The predicted molar refractivity (Wildman–Crippen MR) is 110 cm³/mol. The van der Waals surface area contributed by atoms with Crippen molar-refractivity contribution in [2.45, 2.75) is 19.4 Å². The largest absolute Gasteiger partial charge is 0.457 e. The molecule has 0 radical (unpaired) electrons. The van der Waals surface area contributed by atoms with Crippen molar-refractivity contribution >= 4 is 10.9 Å². The molecule has 6 heteroatoms. The van der Waals surface area contributed by atoms with Gasteiger partial charge in [-0.15, -0.1) is 0 Å². The molecule has 2 aromatic carbocycles. The van der Waals surface area contributed by atoms with Crippen LogP contribution < -0.4 is 4.74 Å². The Kier molecular flexibility index (Phi) is 4.54. The molecule has 142 valence electrons.